The molecule has 2 aliphatic carbocycles. The molecule has 0 atom stereocenters. The van der Waals surface area contributed by atoms with Crippen molar-refractivity contribution in [3.63, 3.8) is 0 Å². The molecule has 8 nitrogen and oxygen atoms in total. The van der Waals surface area contributed by atoms with Crippen molar-refractivity contribution in [2.24, 2.45) is 11.8 Å². The molecule has 2 saturated carbocycles. The summed E-state index contributed by atoms with van der Waals surface area (Å²) in [6.45, 7) is 3.48. The van der Waals surface area contributed by atoms with E-state index in [0.717, 1.165) is 30.0 Å². The number of hydrogen-bond donors (Lipinski definition) is 1. The molecule has 3 fully saturated rings. The number of aromatic nitrogens is 3. The van der Waals surface area contributed by atoms with E-state index in [-0.39, 0.29) is 5.91 Å². The highest BCUT2D eigenvalue weighted by atomic mass is 32.2. The number of anilines is 1. The molecule has 1 N–H and O–H groups in total. The number of rotatable bonds is 9. The van der Waals surface area contributed by atoms with Gasteiger partial charge in [0.15, 0.2) is 5.16 Å². The molecule has 156 valence electrons. The van der Waals surface area contributed by atoms with E-state index >= 15 is 0 Å². The van der Waals surface area contributed by atoms with Crippen LogP contribution in [0.5, 0.6) is 0 Å². The minimum atomic E-state index is 0.0965. The van der Waals surface area contributed by atoms with Gasteiger partial charge in [-0.1, -0.05) is 11.8 Å². The standard InChI is InChI=1S/C20H27N5O3S/c26-17(21-18(14-3-4-14)15-5-6-15)13-29-20-23-22-19(24-7-10-27-11-8-24)25(20)12-16-2-1-9-28-16/h1-2,9,14-15,18H,3-8,10-13H2,(H,21,26). The van der Waals surface area contributed by atoms with Gasteiger partial charge >= 0.3 is 0 Å². The van der Waals surface area contributed by atoms with E-state index < -0.39 is 0 Å². The first-order chi connectivity index (χ1) is 14.3. The molecule has 2 aromatic rings. The van der Waals surface area contributed by atoms with Gasteiger partial charge in [-0.15, -0.1) is 10.2 Å². The smallest absolute Gasteiger partial charge is 0.230 e. The van der Waals surface area contributed by atoms with Crippen molar-refractivity contribution in [3.8, 4) is 0 Å². The number of nitrogens with zero attached hydrogens (tertiary/aromatic N) is 4. The van der Waals surface area contributed by atoms with Gasteiger partial charge < -0.3 is 19.4 Å². The number of hydrogen-bond acceptors (Lipinski definition) is 7. The van der Waals surface area contributed by atoms with Gasteiger partial charge in [0.25, 0.3) is 0 Å². The molecular weight excluding hydrogens is 390 g/mol. The van der Waals surface area contributed by atoms with E-state index in [1.165, 1.54) is 37.4 Å². The summed E-state index contributed by atoms with van der Waals surface area (Å²) in [6, 6.07) is 4.21. The monoisotopic (exact) mass is 417 g/mol. The molecule has 3 aliphatic rings. The van der Waals surface area contributed by atoms with Crippen molar-refractivity contribution < 1.29 is 13.9 Å². The van der Waals surface area contributed by atoms with Crippen LogP contribution in [0.25, 0.3) is 0 Å². The van der Waals surface area contributed by atoms with E-state index in [2.05, 4.69) is 20.4 Å². The molecule has 3 heterocycles. The molecule has 1 amide bonds. The number of amides is 1. The number of thioether (sulfide) groups is 1. The second kappa shape index (κ2) is 8.39. The average Bonchev–Trinajstić information content (AvgIpc) is 3.67. The van der Waals surface area contributed by atoms with E-state index in [1.807, 2.05) is 16.7 Å². The summed E-state index contributed by atoms with van der Waals surface area (Å²) in [5, 5.41) is 12.8. The van der Waals surface area contributed by atoms with Crippen LogP contribution >= 0.6 is 11.8 Å². The highest BCUT2D eigenvalue weighted by Crippen LogP contribution is 2.44. The van der Waals surface area contributed by atoms with E-state index in [9.17, 15) is 4.79 Å². The highest BCUT2D eigenvalue weighted by Gasteiger charge is 2.42. The van der Waals surface area contributed by atoms with Crippen LogP contribution in [0, 0.1) is 11.8 Å². The normalized spacial score (nSPS) is 19.7. The van der Waals surface area contributed by atoms with Crippen molar-refractivity contribution in [1.29, 1.82) is 0 Å². The average molecular weight is 418 g/mol. The second-order valence-corrected chi connectivity index (χ2v) is 9.05. The maximum Gasteiger partial charge on any atom is 0.230 e. The lowest BCUT2D eigenvalue weighted by molar-refractivity contribution is -0.119. The van der Waals surface area contributed by atoms with Crippen LogP contribution < -0.4 is 10.2 Å². The third-order valence-corrected chi connectivity index (χ3v) is 6.77. The van der Waals surface area contributed by atoms with Crippen molar-refractivity contribution in [3.05, 3.63) is 24.2 Å². The Morgan fingerprint density at radius 3 is 2.62 bits per heavy atom. The third kappa shape index (κ3) is 4.61. The van der Waals surface area contributed by atoms with Crippen molar-refractivity contribution in [1.82, 2.24) is 20.1 Å². The summed E-state index contributed by atoms with van der Waals surface area (Å²) in [7, 11) is 0. The number of carbonyl (C=O) groups is 1. The number of nitrogens with one attached hydrogen (secondary N) is 1. The quantitative estimate of drug-likeness (QED) is 0.626. The van der Waals surface area contributed by atoms with Crippen molar-refractivity contribution in [2.75, 3.05) is 37.0 Å². The van der Waals surface area contributed by atoms with Crippen LogP contribution in [0.15, 0.2) is 28.0 Å². The molecule has 0 bridgehead atoms. The van der Waals surface area contributed by atoms with Gasteiger partial charge in [-0.25, -0.2) is 0 Å². The van der Waals surface area contributed by atoms with Crippen molar-refractivity contribution in [2.45, 2.75) is 43.4 Å². The molecule has 9 heteroatoms. The lowest BCUT2D eigenvalue weighted by Crippen LogP contribution is -2.39. The first-order valence-corrected chi connectivity index (χ1v) is 11.5. The van der Waals surface area contributed by atoms with Gasteiger partial charge in [-0.2, -0.15) is 0 Å². The first-order valence-electron chi connectivity index (χ1n) is 10.5. The molecule has 5 rings (SSSR count). The largest absolute Gasteiger partial charge is 0.467 e. The van der Waals surface area contributed by atoms with Gasteiger partial charge in [-0.05, 0) is 49.7 Å². The van der Waals surface area contributed by atoms with Crippen LogP contribution in [-0.2, 0) is 16.1 Å². The number of carbonyl (C=O) groups excluding carboxylic acids is 1. The Hall–Kier alpha value is -2.00. The maximum atomic E-state index is 12.6. The van der Waals surface area contributed by atoms with Crippen molar-refractivity contribution >= 4 is 23.6 Å². The number of morpholine rings is 1. The molecule has 1 aliphatic heterocycles. The van der Waals surface area contributed by atoms with Gasteiger partial charge in [0, 0.05) is 19.1 Å². The fourth-order valence-electron chi connectivity index (χ4n) is 3.97. The topological polar surface area (TPSA) is 85.4 Å². The molecule has 0 spiro atoms. The predicted octanol–water partition coefficient (Wildman–Crippen LogP) is 2.15. The van der Waals surface area contributed by atoms with E-state index in [4.69, 9.17) is 9.15 Å². The van der Waals surface area contributed by atoms with Gasteiger partial charge in [-0.3, -0.25) is 9.36 Å². The Morgan fingerprint density at radius 2 is 1.97 bits per heavy atom. The zero-order chi connectivity index (χ0) is 19.6. The fourth-order valence-corrected chi connectivity index (χ4v) is 4.71. The summed E-state index contributed by atoms with van der Waals surface area (Å²) in [4.78, 5) is 14.8. The molecular formula is C20H27N5O3S. The predicted molar refractivity (Wildman–Crippen MR) is 109 cm³/mol. The van der Waals surface area contributed by atoms with Crippen LogP contribution in [0.4, 0.5) is 5.95 Å². The SMILES string of the molecule is O=C(CSc1nnc(N2CCOCC2)n1Cc1ccco1)NC(C1CC1)C1CC1. The number of furan rings is 1. The van der Waals surface area contributed by atoms with Crippen LogP contribution in [0.1, 0.15) is 31.4 Å². The third-order valence-electron chi connectivity index (χ3n) is 5.81. The molecule has 2 aromatic heterocycles. The second-order valence-electron chi connectivity index (χ2n) is 8.10. The highest BCUT2D eigenvalue weighted by molar-refractivity contribution is 7.99. The Kier molecular flexibility index (Phi) is 5.50. The fraction of sp³-hybridized carbons (Fsp3) is 0.650. The maximum absolute atomic E-state index is 12.6. The van der Waals surface area contributed by atoms with Crippen LogP contribution in [-0.4, -0.2) is 58.8 Å². The first kappa shape index (κ1) is 19.0. The Labute approximate surface area is 174 Å². The summed E-state index contributed by atoms with van der Waals surface area (Å²) < 4.78 is 13.0. The molecule has 1 saturated heterocycles. The number of ether oxygens (including phenoxy) is 1. The van der Waals surface area contributed by atoms with E-state index in [1.54, 1.807) is 6.26 Å². The molecule has 29 heavy (non-hydrogen) atoms. The zero-order valence-corrected chi connectivity index (χ0v) is 17.3. The lowest BCUT2D eigenvalue weighted by Gasteiger charge is -2.27. The van der Waals surface area contributed by atoms with Gasteiger partial charge in [0.1, 0.15) is 5.76 Å². The Balaban J connectivity index is 1.26. The summed E-state index contributed by atoms with van der Waals surface area (Å²) in [6.07, 6.45) is 6.71. The van der Waals surface area contributed by atoms with Gasteiger partial charge in [0.2, 0.25) is 11.9 Å². The van der Waals surface area contributed by atoms with Gasteiger partial charge in [0.05, 0.1) is 31.8 Å². The Bertz CT molecular complexity index is 813. The summed E-state index contributed by atoms with van der Waals surface area (Å²) in [5.74, 6) is 3.50. The minimum absolute atomic E-state index is 0.0965. The minimum Gasteiger partial charge on any atom is -0.467 e. The molecule has 0 aromatic carbocycles. The van der Waals surface area contributed by atoms with Crippen LogP contribution in [0.3, 0.4) is 0 Å². The molecule has 0 unspecified atom stereocenters. The zero-order valence-electron chi connectivity index (χ0n) is 16.5. The van der Waals surface area contributed by atoms with Crippen LogP contribution in [0.2, 0.25) is 0 Å². The summed E-state index contributed by atoms with van der Waals surface area (Å²) in [5.41, 5.74) is 0. The van der Waals surface area contributed by atoms with E-state index in [0.29, 0.717) is 43.4 Å². The Morgan fingerprint density at radius 1 is 1.21 bits per heavy atom. The lowest BCUT2D eigenvalue weighted by atomic mass is 10.1. The molecule has 0 radical (unpaired) electrons. The summed E-state index contributed by atoms with van der Waals surface area (Å²) >= 11 is 1.45.